The number of hydrogen-bond donors (Lipinski definition) is 1. The molecule has 0 fully saturated rings. The summed E-state index contributed by atoms with van der Waals surface area (Å²) in [6, 6.07) is 5.35. The van der Waals surface area contributed by atoms with Crippen molar-refractivity contribution in [1.29, 1.82) is 0 Å². The summed E-state index contributed by atoms with van der Waals surface area (Å²) in [6.07, 6.45) is 1.22. The smallest absolute Gasteiger partial charge is 0.193 e. The second kappa shape index (κ2) is 7.82. The maximum Gasteiger partial charge on any atom is 0.193 e. The topological polar surface area (TPSA) is 61.8 Å². The van der Waals surface area contributed by atoms with Crippen molar-refractivity contribution in [2.75, 3.05) is 27.4 Å². The lowest BCUT2D eigenvalue weighted by Crippen LogP contribution is -2.35. The first kappa shape index (κ1) is 19.2. The number of aliphatic imine (C=N–C) groups is 1. The molecule has 0 atom stereocenters. The van der Waals surface area contributed by atoms with E-state index >= 15 is 0 Å². The van der Waals surface area contributed by atoms with Gasteiger partial charge < -0.3 is 10.2 Å². The van der Waals surface area contributed by atoms with E-state index in [1.807, 2.05) is 31.1 Å². The minimum absolute atomic E-state index is 0. The van der Waals surface area contributed by atoms with Crippen molar-refractivity contribution in [3.8, 4) is 0 Å². The Balaban J connectivity index is 0.00000361. The van der Waals surface area contributed by atoms with Crippen LogP contribution in [0.4, 0.5) is 0 Å². The van der Waals surface area contributed by atoms with Crippen molar-refractivity contribution in [3.63, 3.8) is 0 Å². The van der Waals surface area contributed by atoms with Crippen molar-refractivity contribution in [1.82, 2.24) is 10.2 Å². The van der Waals surface area contributed by atoms with Crippen LogP contribution in [-0.2, 0) is 16.4 Å². The molecule has 0 radical (unpaired) electrons. The molecule has 0 aliphatic heterocycles. The molecule has 1 aromatic rings. The second-order valence-electron chi connectivity index (χ2n) is 4.67. The molecule has 0 saturated heterocycles. The molecular formula is C13H22IN3O2S. The van der Waals surface area contributed by atoms with E-state index in [1.54, 1.807) is 20.0 Å². The lowest BCUT2D eigenvalue weighted by atomic mass is 10.1. The standard InChI is InChI=1S/C13H21N3O2S.HI/c1-10-8-11(6-7-12(10)19(5,17)18)9-15-13(14-2)16(3)4;/h6-8H,9H2,1-5H3,(H,14,15);1H. The van der Waals surface area contributed by atoms with E-state index in [4.69, 9.17) is 0 Å². The van der Waals surface area contributed by atoms with Crippen LogP contribution in [0.25, 0.3) is 0 Å². The summed E-state index contributed by atoms with van der Waals surface area (Å²) < 4.78 is 23.1. The largest absolute Gasteiger partial charge is 0.352 e. The van der Waals surface area contributed by atoms with Crippen LogP contribution in [0.1, 0.15) is 11.1 Å². The Morgan fingerprint density at radius 3 is 2.35 bits per heavy atom. The molecule has 1 N–H and O–H groups in total. The zero-order valence-electron chi connectivity index (χ0n) is 12.5. The lowest BCUT2D eigenvalue weighted by molar-refractivity contribution is 0.582. The Morgan fingerprint density at radius 2 is 1.95 bits per heavy atom. The molecule has 0 saturated carbocycles. The SMILES string of the molecule is CN=C(NCc1ccc(S(C)(=O)=O)c(C)c1)N(C)C.I. The summed E-state index contributed by atoms with van der Waals surface area (Å²) in [6.45, 7) is 2.41. The van der Waals surface area contributed by atoms with Gasteiger partial charge in [0.25, 0.3) is 0 Å². The fraction of sp³-hybridized carbons (Fsp3) is 0.462. The van der Waals surface area contributed by atoms with E-state index in [-0.39, 0.29) is 24.0 Å². The van der Waals surface area contributed by atoms with Gasteiger partial charge in [-0.05, 0) is 24.1 Å². The highest BCUT2D eigenvalue weighted by Crippen LogP contribution is 2.16. The van der Waals surface area contributed by atoms with E-state index in [0.29, 0.717) is 11.4 Å². The highest BCUT2D eigenvalue weighted by Gasteiger charge is 2.11. The summed E-state index contributed by atoms with van der Waals surface area (Å²) in [4.78, 5) is 6.39. The van der Waals surface area contributed by atoms with Crippen LogP contribution in [0.5, 0.6) is 0 Å². The minimum Gasteiger partial charge on any atom is -0.352 e. The normalized spacial score (nSPS) is 11.8. The zero-order valence-corrected chi connectivity index (χ0v) is 15.6. The quantitative estimate of drug-likeness (QED) is 0.467. The predicted molar refractivity (Wildman–Crippen MR) is 93.6 cm³/mol. The number of nitrogens with zero attached hydrogens (tertiary/aromatic N) is 2. The Bertz CT molecular complexity index is 583. The molecule has 0 bridgehead atoms. The van der Waals surface area contributed by atoms with Crippen molar-refractivity contribution in [3.05, 3.63) is 29.3 Å². The van der Waals surface area contributed by atoms with Crippen LogP contribution in [0.15, 0.2) is 28.1 Å². The Kier molecular flexibility index (Phi) is 7.50. The molecule has 1 rings (SSSR count). The third kappa shape index (κ3) is 5.28. The summed E-state index contributed by atoms with van der Waals surface area (Å²) in [5.74, 6) is 0.782. The van der Waals surface area contributed by atoms with Gasteiger partial charge in [-0.15, -0.1) is 24.0 Å². The average molecular weight is 411 g/mol. The van der Waals surface area contributed by atoms with Crippen LogP contribution in [0, 0.1) is 6.92 Å². The first-order chi connectivity index (χ1) is 8.75. The lowest BCUT2D eigenvalue weighted by Gasteiger charge is -2.17. The van der Waals surface area contributed by atoms with Gasteiger partial charge in [-0.25, -0.2) is 8.42 Å². The number of nitrogens with one attached hydrogen (secondary N) is 1. The number of sulfone groups is 1. The molecule has 7 heteroatoms. The fourth-order valence-corrected chi connectivity index (χ4v) is 2.81. The van der Waals surface area contributed by atoms with Gasteiger partial charge in [0.05, 0.1) is 4.90 Å². The van der Waals surface area contributed by atoms with Gasteiger partial charge in [-0.1, -0.05) is 12.1 Å². The van der Waals surface area contributed by atoms with Crippen LogP contribution < -0.4 is 5.32 Å². The molecule has 0 unspecified atom stereocenters. The molecule has 0 aromatic heterocycles. The van der Waals surface area contributed by atoms with E-state index < -0.39 is 9.84 Å². The van der Waals surface area contributed by atoms with Gasteiger partial charge in [0.1, 0.15) is 0 Å². The first-order valence-corrected chi connectivity index (χ1v) is 7.82. The van der Waals surface area contributed by atoms with Crippen LogP contribution in [0.2, 0.25) is 0 Å². The number of guanidine groups is 1. The van der Waals surface area contributed by atoms with E-state index in [9.17, 15) is 8.42 Å². The number of aryl methyl sites for hydroxylation is 1. The van der Waals surface area contributed by atoms with Gasteiger partial charge in [0.15, 0.2) is 15.8 Å². The maximum absolute atomic E-state index is 11.5. The highest BCUT2D eigenvalue weighted by atomic mass is 127. The third-order valence-electron chi connectivity index (χ3n) is 2.72. The summed E-state index contributed by atoms with van der Waals surface area (Å²) in [7, 11) is 2.39. The highest BCUT2D eigenvalue weighted by molar-refractivity contribution is 14.0. The first-order valence-electron chi connectivity index (χ1n) is 5.93. The number of hydrogen-bond acceptors (Lipinski definition) is 3. The summed E-state index contributed by atoms with van der Waals surface area (Å²) in [5.41, 5.74) is 1.79. The van der Waals surface area contributed by atoms with Gasteiger partial charge >= 0.3 is 0 Å². The maximum atomic E-state index is 11.5. The van der Waals surface area contributed by atoms with Crippen molar-refractivity contribution < 1.29 is 8.42 Å². The van der Waals surface area contributed by atoms with Crippen LogP contribution >= 0.6 is 24.0 Å². The molecule has 0 spiro atoms. The molecule has 0 aliphatic rings. The molecule has 5 nitrogen and oxygen atoms in total. The van der Waals surface area contributed by atoms with Crippen LogP contribution in [0.3, 0.4) is 0 Å². The van der Waals surface area contributed by atoms with E-state index in [2.05, 4.69) is 10.3 Å². The van der Waals surface area contributed by atoms with E-state index in [0.717, 1.165) is 17.1 Å². The Labute approximate surface area is 138 Å². The van der Waals surface area contributed by atoms with Crippen molar-refractivity contribution in [2.45, 2.75) is 18.4 Å². The van der Waals surface area contributed by atoms with Gasteiger partial charge in [0.2, 0.25) is 0 Å². The minimum atomic E-state index is -3.15. The Morgan fingerprint density at radius 1 is 1.35 bits per heavy atom. The summed E-state index contributed by atoms with van der Waals surface area (Å²) >= 11 is 0. The van der Waals surface area contributed by atoms with Crippen LogP contribution in [-0.4, -0.2) is 46.7 Å². The molecule has 0 aliphatic carbocycles. The monoisotopic (exact) mass is 411 g/mol. The zero-order chi connectivity index (χ0) is 14.6. The molecular weight excluding hydrogens is 389 g/mol. The van der Waals surface area contributed by atoms with Gasteiger partial charge in [-0.2, -0.15) is 0 Å². The van der Waals surface area contributed by atoms with E-state index in [1.165, 1.54) is 6.26 Å². The molecule has 114 valence electrons. The van der Waals surface area contributed by atoms with Gasteiger partial charge in [0, 0.05) is 33.9 Å². The molecule has 0 amide bonds. The number of rotatable bonds is 3. The summed E-state index contributed by atoms with van der Waals surface area (Å²) in [5, 5.41) is 3.20. The third-order valence-corrected chi connectivity index (χ3v) is 3.98. The molecule has 20 heavy (non-hydrogen) atoms. The predicted octanol–water partition coefficient (Wildman–Crippen LogP) is 1.65. The van der Waals surface area contributed by atoms with Crippen molar-refractivity contribution in [2.24, 2.45) is 4.99 Å². The molecule has 1 aromatic carbocycles. The van der Waals surface area contributed by atoms with Crippen molar-refractivity contribution >= 4 is 39.8 Å². The number of benzene rings is 1. The van der Waals surface area contributed by atoms with Gasteiger partial charge in [-0.3, -0.25) is 4.99 Å². The Hall–Kier alpha value is -0.830. The number of halogens is 1. The molecule has 0 heterocycles. The fourth-order valence-electron chi connectivity index (χ4n) is 1.86. The average Bonchev–Trinajstić information content (AvgIpc) is 2.27. The second-order valence-corrected chi connectivity index (χ2v) is 6.65.